The lowest BCUT2D eigenvalue weighted by Crippen LogP contribution is -2.40. The molecule has 4 aromatic rings. The van der Waals surface area contributed by atoms with Crippen LogP contribution < -0.4 is 0 Å². The predicted molar refractivity (Wildman–Crippen MR) is 129 cm³/mol. The molecule has 0 aliphatic carbocycles. The Morgan fingerprint density at radius 2 is 1.94 bits per heavy atom. The van der Waals surface area contributed by atoms with E-state index in [0.717, 1.165) is 53.9 Å². The second-order valence-corrected chi connectivity index (χ2v) is 10.1. The predicted octanol–water partition coefficient (Wildman–Crippen LogP) is 4.51. The number of aromatic nitrogens is 4. The van der Waals surface area contributed by atoms with Crippen LogP contribution in [0.5, 0.6) is 0 Å². The lowest BCUT2D eigenvalue weighted by molar-refractivity contribution is -0.129. The number of nitrogens with zero attached hydrogens (tertiary/aromatic N) is 5. The van der Waals surface area contributed by atoms with E-state index in [1.807, 2.05) is 40.8 Å². The van der Waals surface area contributed by atoms with Crippen LogP contribution >= 0.6 is 23.1 Å². The van der Waals surface area contributed by atoms with Crippen LogP contribution in [0.25, 0.3) is 10.2 Å². The smallest absolute Gasteiger partial charge is 0.233 e. The number of thioether (sulfide) groups is 1. The Kier molecular flexibility index (Phi) is 6.23. The number of hydrogen-bond donors (Lipinski definition) is 0. The number of para-hydroxylation sites is 1. The summed E-state index contributed by atoms with van der Waals surface area (Å²) in [5, 5.41) is 10.6. The molecule has 1 aliphatic heterocycles. The number of hydrogen-bond acceptors (Lipinski definition) is 6. The van der Waals surface area contributed by atoms with Gasteiger partial charge in [0.25, 0.3) is 0 Å². The van der Waals surface area contributed by atoms with Gasteiger partial charge in [-0.2, -0.15) is 0 Å². The number of fused-ring (bicyclic) bond motifs is 1. The first-order valence-electron chi connectivity index (χ1n) is 10.9. The zero-order chi connectivity index (χ0) is 21.9. The molecule has 1 saturated heterocycles. The fourth-order valence-electron chi connectivity index (χ4n) is 4.09. The molecule has 1 atom stereocenters. The largest absolute Gasteiger partial charge is 0.341 e. The van der Waals surface area contributed by atoms with Gasteiger partial charge in [-0.25, -0.2) is 4.98 Å². The minimum atomic E-state index is 0.161. The van der Waals surface area contributed by atoms with Crippen molar-refractivity contribution in [3.63, 3.8) is 0 Å². The number of piperidine rings is 1. The topological polar surface area (TPSA) is 63.9 Å². The van der Waals surface area contributed by atoms with Crippen LogP contribution in [0.1, 0.15) is 35.2 Å². The molecule has 3 heterocycles. The Labute approximate surface area is 195 Å². The zero-order valence-corrected chi connectivity index (χ0v) is 19.6. The van der Waals surface area contributed by atoms with Crippen molar-refractivity contribution in [2.75, 3.05) is 18.8 Å². The molecule has 1 amide bonds. The van der Waals surface area contributed by atoms with Gasteiger partial charge in [0.2, 0.25) is 5.91 Å². The van der Waals surface area contributed by atoms with E-state index >= 15 is 0 Å². The Hall–Kier alpha value is -2.71. The minimum absolute atomic E-state index is 0.161. The molecular formula is C24H25N5OS2. The SMILES string of the molecule is Cn1c(Cc2ccccc2)nnc1SCC(=O)N1CCC[C@H](c2nc3ccccc3s2)C1. The number of thiazole rings is 1. The standard InChI is InChI=1S/C24H25N5OS2/c1-28-21(14-17-8-3-2-4-9-17)26-27-24(28)31-16-22(30)29-13-7-10-18(15-29)23-25-19-11-5-6-12-20(19)32-23/h2-6,8-9,11-12,18H,7,10,13-16H2,1H3/t18-/m0/s1. The average Bonchev–Trinajstić information content (AvgIpc) is 3.42. The van der Waals surface area contributed by atoms with E-state index in [-0.39, 0.29) is 5.91 Å². The monoisotopic (exact) mass is 463 g/mol. The van der Waals surface area contributed by atoms with Crippen molar-refractivity contribution in [3.8, 4) is 0 Å². The third-order valence-electron chi connectivity index (χ3n) is 5.89. The number of benzene rings is 2. The van der Waals surface area contributed by atoms with E-state index < -0.39 is 0 Å². The van der Waals surface area contributed by atoms with Crippen LogP contribution in [-0.2, 0) is 18.3 Å². The summed E-state index contributed by atoms with van der Waals surface area (Å²) in [7, 11) is 1.97. The van der Waals surface area contributed by atoms with Crippen molar-refractivity contribution in [1.29, 1.82) is 0 Å². The van der Waals surface area contributed by atoms with E-state index in [2.05, 4.69) is 40.5 Å². The summed E-state index contributed by atoms with van der Waals surface area (Å²) in [6, 6.07) is 18.5. The third-order valence-corrected chi connectivity index (χ3v) is 8.09. The fraction of sp³-hybridized carbons (Fsp3) is 0.333. The first-order valence-corrected chi connectivity index (χ1v) is 12.7. The number of carbonyl (C=O) groups excluding carboxylic acids is 1. The van der Waals surface area contributed by atoms with Crippen LogP contribution in [0.4, 0.5) is 0 Å². The van der Waals surface area contributed by atoms with Gasteiger partial charge < -0.3 is 9.47 Å². The van der Waals surface area contributed by atoms with E-state index in [1.54, 1.807) is 11.3 Å². The highest BCUT2D eigenvalue weighted by Crippen LogP contribution is 2.33. The first-order chi connectivity index (χ1) is 15.7. The van der Waals surface area contributed by atoms with Gasteiger partial charge in [-0.3, -0.25) is 4.79 Å². The quantitative estimate of drug-likeness (QED) is 0.394. The molecule has 2 aromatic carbocycles. The minimum Gasteiger partial charge on any atom is -0.341 e. The molecule has 0 saturated carbocycles. The molecule has 0 N–H and O–H groups in total. The summed E-state index contributed by atoms with van der Waals surface area (Å²) < 4.78 is 3.21. The number of likely N-dealkylation sites (tertiary alicyclic amines) is 1. The molecule has 0 spiro atoms. The lowest BCUT2D eigenvalue weighted by atomic mass is 9.99. The van der Waals surface area contributed by atoms with E-state index in [1.165, 1.54) is 22.0 Å². The lowest BCUT2D eigenvalue weighted by Gasteiger charge is -2.31. The zero-order valence-electron chi connectivity index (χ0n) is 18.0. The summed E-state index contributed by atoms with van der Waals surface area (Å²) in [6.07, 6.45) is 2.83. The van der Waals surface area contributed by atoms with Crippen LogP contribution in [-0.4, -0.2) is 49.4 Å². The van der Waals surface area contributed by atoms with Crippen molar-refractivity contribution >= 4 is 39.2 Å². The maximum absolute atomic E-state index is 13.0. The molecule has 0 unspecified atom stereocenters. The third kappa shape index (κ3) is 4.56. The second-order valence-electron chi connectivity index (χ2n) is 8.11. The maximum Gasteiger partial charge on any atom is 0.233 e. The average molecular weight is 464 g/mol. The summed E-state index contributed by atoms with van der Waals surface area (Å²) in [5.41, 5.74) is 2.25. The molecule has 32 heavy (non-hydrogen) atoms. The van der Waals surface area contributed by atoms with Gasteiger partial charge in [0.05, 0.1) is 21.0 Å². The molecule has 164 valence electrons. The number of carbonyl (C=O) groups is 1. The van der Waals surface area contributed by atoms with Gasteiger partial charge in [-0.05, 0) is 30.5 Å². The Balaban J connectivity index is 1.20. The van der Waals surface area contributed by atoms with Gasteiger partial charge >= 0.3 is 0 Å². The van der Waals surface area contributed by atoms with Crippen molar-refractivity contribution in [3.05, 3.63) is 71.0 Å². The summed E-state index contributed by atoms with van der Waals surface area (Å²) in [6.45, 7) is 1.57. The molecule has 1 aliphatic rings. The Morgan fingerprint density at radius 1 is 1.12 bits per heavy atom. The summed E-state index contributed by atoms with van der Waals surface area (Å²) in [4.78, 5) is 19.8. The molecule has 0 bridgehead atoms. The molecule has 1 fully saturated rings. The van der Waals surface area contributed by atoms with Crippen LogP contribution in [0.15, 0.2) is 59.8 Å². The molecule has 6 nitrogen and oxygen atoms in total. The van der Waals surface area contributed by atoms with Crippen LogP contribution in [0, 0.1) is 0 Å². The van der Waals surface area contributed by atoms with Crippen molar-refractivity contribution in [2.45, 2.75) is 30.3 Å². The van der Waals surface area contributed by atoms with E-state index in [4.69, 9.17) is 4.98 Å². The molecular weight excluding hydrogens is 438 g/mol. The van der Waals surface area contributed by atoms with Gasteiger partial charge in [0.15, 0.2) is 5.16 Å². The van der Waals surface area contributed by atoms with Crippen molar-refractivity contribution in [2.24, 2.45) is 7.05 Å². The molecule has 8 heteroatoms. The summed E-state index contributed by atoms with van der Waals surface area (Å²) >= 11 is 3.22. The van der Waals surface area contributed by atoms with E-state index in [9.17, 15) is 4.79 Å². The molecule has 5 rings (SSSR count). The second kappa shape index (κ2) is 9.42. The highest BCUT2D eigenvalue weighted by Gasteiger charge is 2.27. The van der Waals surface area contributed by atoms with Crippen molar-refractivity contribution in [1.82, 2.24) is 24.6 Å². The highest BCUT2D eigenvalue weighted by atomic mass is 32.2. The number of amides is 1. The summed E-state index contributed by atoms with van der Waals surface area (Å²) in [5.74, 6) is 1.76. The van der Waals surface area contributed by atoms with Crippen LogP contribution in [0.2, 0.25) is 0 Å². The van der Waals surface area contributed by atoms with Crippen LogP contribution in [0.3, 0.4) is 0 Å². The highest BCUT2D eigenvalue weighted by molar-refractivity contribution is 7.99. The maximum atomic E-state index is 13.0. The molecule has 2 aromatic heterocycles. The van der Waals surface area contributed by atoms with Gasteiger partial charge in [0.1, 0.15) is 5.82 Å². The van der Waals surface area contributed by atoms with Crippen molar-refractivity contribution < 1.29 is 4.79 Å². The van der Waals surface area contributed by atoms with Gasteiger partial charge in [-0.15, -0.1) is 21.5 Å². The number of rotatable bonds is 6. The Morgan fingerprint density at radius 3 is 2.78 bits per heavy atom. The molecule has 0 radical (unpaired) electrons. The first kappa shape index (κ1) is 21.2. The van der Waals surface area contributed by atoms with Gasteiger partial charge in [-0.1, -0.05) is 54.2 Å². The van der Waals surface area contributed by atoms with Gasteiger partial charge in [0, 0.05) is 32.5 Å². The van der Waals surface area contributed by atoms with E-state index in [0.29, 0.717) is 11.7 Å². The Bertz CT molecular complexity index is 1190. The normalized spacial score (nSPS) is 16.5. The fourth-order valence-corrected chi connectivity index (χ4v) is 6.02.